The number of phosphoric acid groups is 1. The Hall–Kier alpha value is -1.28. The Bertz CT molecular complexity index is 1190. The van der Waals surface area contributed by atoms with Crippen LogP contribution >= 0.6 is 7.82 Å². The first-order valence-electron chi connectivity index (χ1n) is 28.9. The van der Waals surface area contributed by atoms with E-state index in [1.807, 2.05) is 21.1 Å². The number of nitrogens with one attached hydrogen (secondary N) is 1. The molecule has 0 aromatic carbocycles. The van der Waals surface area contributed by atoms with Crippen LogP contribution in [-0.4, -0.2) is 73.4 Å². The second-order valence-electron chi connectivity index (χ2n) is 21.0. The lowest BCUT2D eigenvalue weighted by molar-refractivity contribution is -0.870. The number of nitrogens with zero attached hydrogens (tertiary/aromatic N) is 1. The smallest absolute Gasteiger partial charge is 0.391 e. The van der Waals surface area contributed by atoms with Crippen molar-refractivity contribution in [2.75, 3.05) is 40.9 Å². The average Bonchev–Trinajstić information content (AvgIpc) is 3.29. The lowest BCUT2D eigenvalue weighted by Gasteiger charge is -2.26. The van der Waals surface area contributed by atoms with Gasteiger partial charge in [0.05, 0.1) is 39.9 Å². The number of carbonyl (C=O) groups is 1. The lowest BCUT2D eigenvalue weighted by atomic mass is 10.0. The second kappa shape index (κ2) is 49.7. The quantitative estimate of drug-likeness (QED) is 0.0243. The molecule has 0 aliphatic carbocycles. The summed E-state index contributed by atoms with van der Waals surface area (Å²) >= 11 is 0. The van der Waals surface area contributed by atoms with E-state index in [4.69, 9.17) is 9.05 Å². The number of allylic oxidation sites excluding steroid dienone is 6. The Morgan fingerprint density at radius 1 is 0.507 bits per heavy atom. The van der Waals surface area contributed by atoms with E-state index >= 15 is 0 Å². The van der Waals surface area contributed by atoms with Gasteiger partial charge in [-0.3, -0.25) is 13.8 Å². The maximum absolute atomic E-state index is 13.0. The van der Waals surface area contributed by atoms with Gasteiger partial charge >= 0.3 is 7.82 Å². The largest absolute Gasteiger partial charge is 0.472 e. The molecule has 0 aliphatic heterocycles. The summed E-state index contributed by atoms with van der Waals surface area (Å²) in [6.45, 7) is 4.90. The molecular weight excluding hydrogens is 852 g/mol. The van der Waals surface area contributed by atoms with Crippen molar-refractivity contribution in [2.24, 2.45) is 0 Å². The highest BCUT2D eigenvalue weighted by atomic mass is 31.2. The summed E-state index contributed by atoms with van der Waals surface area (Å²) in [6.07, 6.45) is 63.4. The number of amides is 1. The zero-order valence-corrected chi connectivity index (χ0v) is 46.0. The number of aliphatic hydroxyl groups is 1. The Morgan fingerprint density at radius 3 is 1.24 bits per heavy atom. The molecule has 0 spiro atoms. The Balaban J connectivity index is 4.10. The second-order valence-corrected chi connectivity index (χ2v) is 22.5. The topological polar surface area (TPSA) is 105 Å². The van der Waals surface area contributed by atoms with Crippen molar-refractivity contribution < 1.29 is 32.9 Å². The molecule has 1 amide bonds. The first-order valence-corrected chi connectivity index (χ1v) is 30.3. The molecule has 3 atom stereocenters. The van der Waals surface area contributed by atoms with Gasteiger partial charge in [0.1, 0.15) is 13.2 Å². The molecule has 396 valence electrons. The van der Waals surface area contributed by atoms with Crippen LogP contribution in [0.15, 0.2) is 36.5 Å². The third kappa shape index (κ3) is 52.4. The first-order chi connectivity index (χ1) is 32.5. The van der Waals surface area contributed by atoms with Crippen LogP contribution in [-0.2, 0) is 18.4 Å². The number of unbranched alkanes of at least 4 members (excludes halogenated alkanes) is 34. The number of hydrogen-bond donors (Lipinski definition) is 3. The number of quaternary nitrogens is 1. The van der Waals surface area contributed by atoms with Crippen LogP contribution in [0.25, 0.3) is 0 Å². The lowest BCUT2D eigenvalue weighted by Crippen LogP contribution is -2.46. The number of carbonyl (C=O) groups excluding carboxylic acids is 1. The summed E-state index contributed by atoms with van der Waals surface area (Å²) in [5.41, 5.74) is 0. The monoisotopic (exact) mass is 966 g/mol. The predicted octanol–water partition coefficient (Wildman–Crippen LogP) is 17.4. The van der Waals surface area contributed by atoms with Gasteiger partial charge in [0.2, 0.25) is 5.91 Å². The van der Waals surface area contributed by atoms with Crippen molar-refractivity contribution in [3.8, 4) is 0 Å². The maximum Gasteiger partial charge on any atom is 0.472 e. The zero-order valence-electron chi connectivity index (χ0n) is 45.2. The molecule has 67 heavy (non-hydrogen) atoms. The number of phosphoric ester groups is 1. The highest BCUT2D eigenvalue weighted by Crippen LogP contribution is 2.43. The number of hydrogen-bond acceptors (Lipinski definition) is 5. The van der Waals surface area contributed by atoms with Gasteiger partial charge in [-0.25, -0.2) is 4.57 Å². The number of likely N-dealkylation sites (N-methyl/N-ethyl adjacent to an activating group) is 1. The van der Waals surface area contributed by atoms with E-state index < -0.39 is 20.0 Å². The van der Waals surface area contributed by atoms with Crippen LogP contribution in [0.5, 0.6) is 0 Å². The first kappa shape index (κ1) is 65.7. The minimum atomic E-state index is -4.32. The van der Waals surface area contributed by atoms with Crippen LogP contribution in [0, 0.1) is 0 Å². The van der Waals surface area contributed by atoms with Gasteiger partial charge in [-0.1, -0.05) is 256 Å². The van der Waals surface area contributed by atoms with E-state index in [0.717, 1.165) is 51.4 Å². The standard InChI is InChI=1S/C58H113N2O6P/c1-6-8-10-12-14-16-18-20-22-24-25-26-27-28-29-30-31-32-33-34-35-36-38-40-42-44-46-48-50-52-58(62)59-56(55-66-67(63,64)65-54-53-60(3,4)5)57(61)51-49-47-45-43-41-39-37-23-21-19-17-15-13-11-9-7-2/h18,20,24-25,27-28,56-57,61H,6-17,19,21-23,26,29-55H2,1-5H3,(H-,59,62,63,64)/p+1/b20-18-,25-24-,28-27-. The van der Waals surface area contributed by atoms with Crippen LogP contribution < -0.4 is 5.32 Å². The highest BCUT2D eigenvalue weighted by Gasteiger charge is 2.28. The van der Waals surface area contributed by atoms with Crippen LogP contribution in [0.2, 0.25) is 0 Å². The van der Waals surface area contributed by atoms with Crippen LogP contribution in [0.1, 0.15) is 277 Å². The maximum atomic E-state index is 13.0. The van der Waals surface area contributed by atoms with Gasteiger partial charge in [-0.15, -0.1) is 0 Å². The van der Waals surface area contributed by atoms with E-state index in [2.05, 4.69) is 55.6 Å². The molecule has 3 unspecified atom stereocenters. The summed E-state index contributed by atoms with van der Waals surface area (Å²) in [6, 6.07) is -0.760. The molecule has 0 saturated heterocycles. The van der Waals surface area contributed by atoms with Crippen molar-refractivity contribution in [2.45, 2.75) is 289 Å². The van der Waals surface area contributed by atoms with Gasteiger partial charge in [-0.05, 0) is 51.4 Å². The summed E-state index contributed by atoms with van der Waals surface area (Å²) in [4.78, 5) is 23.3. The fourth-order valence-corrected chi connectivity index (χ4v) is 9.32. The van der Waals surface area contributed by atoms with Crippen molar-refractivity contribution in [1.82, 2.24) is 5.32 Å². The average molecular weight is 967 g/mol. The molecule has 0 aromatic rings. The normalized spacial score (nSPS) is 14.2. The SMILES string of the molecule is CCCCCCC/C=C\C/C=C\C/C=C\CCCCCCCCCCCCCCCCC(=O)NC(COP(=O)(O)OCC[N+](C)(C)C)C(O)CCCCCCCCCCCCCCCCCC. The minimum absolute atomic E-state index is 0.0753. The van der Waals surface area contributed by atoms with Crippen molar-refractivity contribution >= 4 is 13.7 Å². The Kier molecular flexibility index (Phi) is 48.7. The van der Waals surface area contributed by atoms with Gasteiger partial charge in [-0.2, -0.15) is 0 Å². The summed E-state index contributed by atoms with van der Waals surface area (Å²) in [7, 11) is 1.62. The summed E-state index contributed by atoms with van der Waals surface area (Å²) in [5.74, 6) is -0.143. The van der Waals surface area contributed by atoms with Gasteiger partial charge in [0.15, 0.2) is 0 Å². The van der Waals surface area contributed by atoms with Crippen molar-refractivity contribution in [1.29, 1.82) is 0 Å². The van der Waals surface area contributed by atoms with E-state index in [-0.39, 0.29) is 19.1 Å². The van der Waals surface area contributed by atoms with E-state index in [9.17, 15) is 19.4 Å². The van der Waals surface area contributed by atoms with Gasteiger partial charge < -0.3 is 19.8 Å². The molecule has 0 radical (unpaired) electrons. The van der Waals surface area contributed by atoms with Crippen molar-refractivity contribution in [3.63, 3.8) is 0 Å². The number of rotatable bonds is 53. The summed E-state index contributed by atoms with van der Waals surface area (Å²) in [5, 5.41) is 14.1. The molecule has 0 fully saturated rings. The molecule has 0 aliphatic rings. The fourth-order valence-electron chi connectivity index (χ4n) is 8.58. The number of aliphatic hydroxyl groups excluding tert-OH is 1. The molecular formula is C58H114N2O6P+. The van der Waals surface area contributed by atoms with Gasteiger partial charge in [0, 0.05) is 6.42 Å². The molecule has 0 aromatic heterocycles. The molecule has 3 N–H and O–H groups in total. The Labute approximate surface area is 417 Å². The highest BCUT2D eigenvalue weighted by molar-refractivity contribution is 7.47. The van der Waals surface area contributed by atoms with Gasteiger partial charge in [0.25, 0.3) is 0 Å². The van der Waals surface area contributed by atoms with Crippen molar-refractivity contribution in [3.05, 3.63) is 36.5 Å². The summed E-state index contributed by atoms with van der Waals surface area (Å²) < 4.78 is 23.8. The predicted molar refractivity (Wildman–Crippen MR) is 291 cm³/mol. The molecule has 8 nitrogen and oxygen atoms in total. The van der Waals surface area contributed by atoms with E-state index in [1.54, 1.807) is 0 Å². The fraction of sp³-hybridized carbons (Fsp3) is 0.879. The van der Waals surface area contributed by atoms with E-state index in [1.165, 1.54) is 199 Å². The minimum Gasteiger partial charge on any atom is -0.391 e. The third-order valence-electron chi connectivity index (χ3n) is 13.1. The third-order valence-corrected chi connectivity index (χ3v) is 14.1. The Morgan fingerprint density at radius 2 is 0.851 bits per heavy atom. The molecule has 0 saturated carbocycles. The van der Waals surface area contributed by atoms with E-state index in [0.29, 0.717) is 23.9 Å². The molecule has 0 rings (SSSR count). The zero-order chi connectivity index (χ0) is 49.2. The molecule has 0 heterocycles. The van der Waals surface area contributed by atoms with Crippen LogP contribution in [0.4, 0.5) is 0 Å². The molecule has 9 heteroatoms. The van der Waals surface area contributed by atoms with Crippen LogP contribution in [0.3, 0.4) is 0 Å². The molecule has 0 bridgehead atoms.